The molecule has 0 bridgehead atoms. The van der Waals surface area contributed by atoms with Crippen molar-refractivity contribution in [3.8, 4) is 0 Å². The molecule has 0 aromatic heterocycles. The van der Waals surface area contributed by atoms with Gasteiger partial charge in [-0.1, -0.05) is 41.0 Å². The highest BCUT2D eigenvalue weighted by Gasteiger charge is 2.55. The van der Waals surface area contributed by atoms with Crippen LogP contribution in [0, 0.1) is 23.7 Å². The van der Waals surface area contributed by atoms with Crippen molar-refractivity contribution in [2.75, 3.05) is 0 Å². The molecule has 0 aliphatic carbocycles. The van der Waals surface area contributed by atoms with Crippen LogP contribution in [0.5, 0.6) is 0 Å². The summed E-state index contributed by atoms with van der Waals surface area (Å²) in [4.78, 5) is 26.0. The highest BCUT2D eigenvalue weighted by molar-refractivity contribution is 5.91. The Hall–Kier alpha value is -1.40. The van der Waals surface area contributed by atoms with Crippen LogP contribution in [0.15, 0.2) is 12.2 Å². The van der Waals surface area contributed by atoms with Gasteiger partial charge in [-0.15, -0.1) is 0 Å². The van der Waals surface area contributed by atoms with E-state index in [-0.39, 0.29) is 36.1 Å². The molecule has 0 radical (unpaired) electrons. The predicted octanol–water partition coefficient (Wildman–Crippen LogP) is 1.89. The molecule has 0 aromatic carbocycles. The second-order valence-corrected chi connectivity index (χ2v) is 12.0. The number of cyclic esters (lactones) is 1. The molecule has 3 rings (SSSR count). The third-order valence-electron chi connectivity index (χ3n) is 8.95. The smallest absolute Gasteiger partial charge is 0.308 e. The van der Waals surface area contributed by atoms with Gasteiger partial charge < -0.3 is 39.4 Å². The Morgan fingerprint density at radius 3 is 2.26 bits per heavy atom. The molecule has 0 amide bonds. The van der Waals surface area contributed by atoms with Crippen molar-refractivity contribution in [2.24, 2.45) is 23.7 Å². The lowest BCUT2D eigenvalue weighted by Gasteiger charge is -2.43. The van der Waals surface area contributed by atoms with Crippen molar-refractivity contribution in [1.29, 1.82) is 0 Å². The summed E-state index contributed by atoms with van der Waals surface area (Å²) in [6.45, 7) is 12.9. The molecule has 2 fully saturated rings. The van der Waals surface area contributed by atoms with Crippen LogP contribution in [0.1, 0.15) is 74.1 Å². The number of ketones is 1. The molecule has 2 saturated heterocycles. The van der Waals surface area contributed by atoms with E-state index >= 15 is 0 Å². The summed E-state index contributed by atoms with van der Waals surface area (Å²) in [6.07, 6.45) is -4.19. The molecular weight excluding hydrogens is 508 g/mol. The van der Waals surface area contributed by atoms with Crippen LogP contribution >= 0.6 is 0 Å². The predicted molar refractivity (Wildman–Crippen MR) is 141 cm³/mol. The maximum atomic E-state index is 13.1. The summed E-state index contributed by atoms with van der Waals surface area (Å²) in [5.41, 5.74) is -0.619. The minimum Gasteiger partial charge on any atom is -0.462 e. The standard InChI is InChI=1S/C29H48O10/c1-8-18-12-14(3)19(30)10-11-29(7)27(39-29)16(5)21(9-2)37-22(32)13-20(31)15(4)26(18)38-28-25(35)24(34)23(33)17(6)36-28/h10-11,14-18,20-21,23-28,31,33-35H,8-9,12-13H2,1-7H3/b11-10-/t14-,15+,16-,17+,18+,20-,21-,23+,24-,25-,26-,27+,28+,29+/m1/s1. The minimum absolute atomic E-state index is 0.0600. The van der Waals surface area contributed by atoms with Gasteiger partial charge in [0.2, 0.25) is 0 Å². The summed E-state index contributed by atoms with van der Waals surface area (Å²) in [5.74, 6) is -1.95. The van der Waals surface area contributed by atoms with E-state index in [1.807, 2.05) is 34.6 Å². The zero-order valence-electron chi connectivity index (χ0n) is 24.2. The second-order valence-electron chi connectivity index (χ2n) is 12.0. The number of esters is 1. The number of hydrogen-bond acceptors (Lipinski definition) is 10. The van der Waals surface area contributed by atoms with E-state index in [0.717, 1.165) is 0 Å². The van der Waals surface area contributed by atoms with Crippen LogP contribution in [-0.4, -0.2) is 92.9 Å². The van der Waals surface area contributed by atoms with Crippen LogP contribution in [0.2, 0.25) is 0 Å². The van der Waals surface area contributed by atoms with Gasteiger partial charge in [0.1, 0.15) is 30.0 Å². The summed E-state index contributed by atoms with van der Waals surface area (Å²) >= 11 is 0. The quantitative estimate of drug-likeness (QED) is 0.298. The number of hydrogen-bond donors (Lipinski definition) is 4. The summed E-state index contributed by atoms with van der Waals surface area (Å²) in [5, 5.41) is 42.2. The first-order chi connectivity index (χ1) is 18.2. The van der Waals surface area contributed by atoms with Gasteiger partial charge in [0, 0.05) is 17.8 Å². The Balaban J connectivity index is 1.91. The molecular formula is C29H48O10. The number of carbonyl (C=O) groups is 2. The van der Waals surface area contributed by atoms with Crippen LogP contribution in [0.4, 0.5) is 0 Å². The molecule has 0 spiro atoms. The van der Waals surface area contributed by atoms with Crippen molar-refractivity contribution in [3.05, 3.63) is 12.2 Å². The molecule has 0 aromatic rings. The molecule has 0 unspecified atom stereocenters. The lowest BCUT2D eigenvalue weighted by molar-refractivity contribution is -0.314. The lowest BCUT2D eigenvalue weighted by Crippen LogP contribution is -2.59. The molecule has 0 saturated carbocycles. The number of ether oxygens (including phenoxy) is 4. The van der Waals surface area contributed by atoms with Crippen LogP contribution in [-0.2, 0) is 28.5 Å². The molecule has 3 aliphatic heterocycles. The van der Waals surface area contributed by atoms with Gasteiger partial charge in [0.25, 0.3) is 0 Å². The van der Waals surface area contributed by atoms with E-state index in [2.05, 4.69) is 0 Å². The van der Waals surface area contributed by atoms with E-state index < -0.39 is 66.5 Å². The van der Waals surface area contributed by atoms with Gasteiger partial charge in [-0.05, 0) is 44.8 Å². The van der Waals surface area contributed by atoms with Gasteiger partial charge in [-0.3, -0.25) is 9.59 Å². The molecule has 224 valence electrons. The number of fused-ring (bicyclic) bond motifs is 1. The molecule has 10 nitrogen and oxygen atoms in total. The monoisotopic (exact) mass is 556 g/mol. The average molecular weight is 557 g/mol. The molecule has 3 aliphatic rings. The topological polar surface area (TPSA) is 155 Å². The van der Waals surface area contributed by atoms with Gasteiger partial charge in [0.15, 0.2) is 12.1 Å². The van der Waals surface area contributed by atoms with E-state index in [0.29, 0.717) is 19.3 Å². The zero-order chi connectivity index (χ0) is 29.2. The Kier molecular flexibility index (Phi) is 10.8. The number of epoxide rings is 1. The first-order valence-electron chi connectivity index (χ1n) is 14.4. The van der Waals surface area contributed by atoms with E-state index in [1.165, 1.54) is 0 Å². The van der Waals surface area contributed by atoms with Gasteiger partial charge in [0.05, 0.1) is 30.8 Å². The Bertz CT molecular complexity index is 878. The van der Waals surface area contributed by atoms with Crippen molar-refractivity contribution in [2.45, 2.75) is 135 Å². The van der Waals surface area contributed by atoms with Crippen LogP contribution < -0.4 is 0 Å². The summed E-state index contributed by atoms with van der Waals surface area (Å²) in [7, 11) is 0. The Labute approximate surface area is 231 Å². The highest BCUT2D eigenvalue weighted by Crippen LogP contribution is 2.44. The van der Waals surface area contributed by atoms with Gasteiger partial charge >= 0.3 is 5.97 Å². The van der Waals surface area contributed by atoms with Crippen molar-refractivity contribution < 1.29 is 49.0 Å². The Morgan fingerprint density at radius 2 is 1.64 bits per heavy atom. The number of aliphatic hydroxyl groups excluding tert-OH is 4. The van der Waals surface area contributed by atoms with E-state index in [1.54, 1.807) is 26.0 Å². The fourth-order valence-corrected chi connectivity index (χ4v) is 6.01. The Morgan fingerprint density at radius 1 is 0.974 bits per heavy atom. The van der Waals surface area contributed by atoms with Gasteiger partial charge in [-0.2, -0.15) is 0 Å². The largest absolute Gasteiger partial charge is 0.462 e. The highest BCUT2D eigenvalue weighted by atomic mass is 16.7. The molecule has 39 heavy (non-hydrogen) atoms. The number of rotatable bonds is 4. The first-order valence-corrected chi connectivity index (χ1v) is 14.4. The lowest BCUT2D eigenvalue weighted by atomic mass is 9.79. The fraction of sp³-hybridized carbons (Fsp3) is 0.862. The van der Waals surface area contributed by atoms with E-state index in [9.17, 15) is 30.0 Å². The van der Waals surface area contributed by atoms with Crippen molar-refractivity contribution in [3.63, 3.8) is 0 Å². The van der Waals surface area contributed by atoms with Gasteiger partial charge in [-0.25, -0.2) is 0 Å². The fourth-order valence-electron chi connectivity index (χ4n) is 6.01. The molecule has 14 atom stereocenters. The van der Waals surface area contributed by atoms with Crippen LogP contribution in [0.25, 0.3) is 0 Å². The van der Waals surface area contributed by atoms with Crippen molar-refractivity contribution in [1.82, 2.24) is 0 Å². The first kappa shape index (κ1) is 32.1. The maximum Gasteiger partial charge on any atom is 0.308 e. The van der Waals surface area contributed by atoms with Crippen molar-refractivity contribution >= 4 is 11.8 Å². The van der Waals surface area contributed by atoms with Crippen LogP contribution in [0.3, 0.4) is 0 Å². The molecule has 3 heterocycles. The second kappa shape index (κ2) is 13.1. The molecule has 4 N–H and O–H groups in total. The third kappa shape index (κ3) is 7.28. The van der Waals surface area contributed by atoms with E-state index in [4.69, 9.17) is 18.9 Å². The average Bonchev–Trinajstić information content (AvgIpc) is 3.58. The minimum atomic E-state index is -1.52. The number of allylic oxidation sites excluding steroid dienone is 1. The zero-order valence-corrected chi connectivity index (χ0v) is 24.2. The normalized spacial score (nSPS) is 49.2. The SMILES string of the molecule is CC[C@H]1C[C@@H](C)C(=O)/C=C\[C@]2(C)O[C@H]2[C@H](C)[C@@H](CC)OC(=O)C[C@@H](O)[C@H](C)[C@H]1O[C@@H]1O[C@@H](C)[C@H](O)[C@@H](O)[C@H]1O. The third-order valence-corrected chi connectivity index (χ3v) is 8.95. The summed E-state index contributed by atoms with van der Waals surface area (Å²) in [6, 6.07) is 0. The summed E-state index contributed by atoms with van der Waals surface area (Å²) < 4.78 is 23.6. The number of aliphatic hydroxyl groups is 4. The number of carbonyl (C=O) groups excluding carboxylic acids is 2. The molecule has 10 heteroatoms. The maximum absolute atomic E-state index is 13.1.